The number of amidine groups is 1. The van der Waals surface area contributed by atoms with Gasteiger partial charge in [-0.05, 0) is 42.7 Å². The first-order chi connectivity index (χ1) is 14.2. The lowest BCUT2D eigenvalue weighted by atomic mass is 10.1. The average Bonchev–Trinajstić information content (AvgIpc) is 3.37. The Morgan fingerprint density at radius 2 is 1.90 bits per heavy atom. The quantitative estimate of drug-likeness (QED) is 0.676. The highest BCUT2D eigenvalue weighted by atomic mass is 16.2. The SMILES string of the molecule is CCCN1C(=O)N2CC(Cc3ccncc3)N=C2c2cn(-c3ccccc3)nc21. The van der Waals surface area contributed by atoms with Gasteiger partial charge in [-0.2, -0.15) is 0 Å². The molecule has 1 unspecified atom stereocenters. The highest BCUT2D eigenvalue weighted by Crippen LogP contribution is 2.32. The molecule has 1 atom stereocenters. The second kappa shape index (κ2) is 7.16. The fraction of sp³-hybridized carbons (Fsp3) is 0.273. The molecule has 3 aromatic rings. The second-order valence-corrected chi connectivity index (χ2v) is 7.36. The van der Waals surface area contributed by atoms with Gasteiger partial charge in [0.15, 0.2) is 5.82 Å². The Kier molecular flexibility index (Phi) is 4.35. The van der Waals surface area contributed by atoms with Crippen molar-refractivity contribution in [3.05, 3.63) is 72.2 Å². The van der Waals surface area contributed by atoms with E-state index in [2.05, 4.69) is 11.9 Å². The van der Waals surface area contributed by atoms with Gasteiger partial charge >= 0.3 is 6.03 Å². The number of anilines is 1. The van der Waals surface area contributed by atoms with Crippen LogP contribution in [0.2, 0.25) is 0 Å². The average molecular weight is 386 g/mol. The summed E-state index contributed by atoms with van der Waals surface area (Å²) in [5, 5.41) is 4.75. The molecule has 2 aliphatic rings. The van der Waals surface area contributed by atoms with Gasteiger partial charge in [-0.1, -0.05) is 25.1 Å². The summed E-state index contributed by atoms with van der Waals surface area (Å²) in [5.41, 5.74) is 3.05. The summed E-state index contributed by atoms with van der Waals surface area (Å²) >= 11 is 0. The van der Waals surface area contributed by atoms with Gasteiger partial charge in [-0.15, -0.1) is 5.10 Å². The predicted octanol–water partition coefficient (Wildman–Crippen LogP) is 3.29. The molecule has 0 fully saturated rings. The van der Waals surface area contributed by atoms with E-state index in [1.165, 1.54) is 5.56 Å². The van der Waals surface area contributed by atoms with Crippen molar-refractivity contribution >= 4 is 17.7 Å². The summed E-state index contributed by atoms with van der Waals surface area (Å²) in [6, 6.07) is 14.0. The van der Waals surface area contributed by atoms with Gasteiger partial charge < -0.3 is 0 Å². The van der Waals surface area contributed by atoms with Crippen LogP contribution in [0, 0.1) is 0 Å². The van der Waals surface area contributed by atoms with E-state index in [9.17, 15) is 4.79 Å². The number of fused-ring (bicyclic) bond motifs is 3. The molecule has 1 aromatic carbocycles. The lowest BCUT2D eigenvalue weighted by Crippen LogP contribution is -2.50. The Labute approximate surface area is 169 Å². The number of rotatable bonds is 5. The number of aliphatic imine (C=N–C) groups is 1. The first-order valence-electron chi connectivity index (χ1n) is 9.96. The fourth-order valence-corrected chi connectivity index (χ4v) is 3.96. The molecular weight excluding hydrogens is 364 g/mol. The molecule has 0 saturated heterocycles. The van der Waals surface area contributed by atoms with E-state index in [-0.39, 0.29) is 12.1 Å². The van der Waals surface area contributed by atoms with Gasteiger partial charge in [0.1, 0.15) is 5.84 Å². The molecule has 2 amide bonds. The number of benzene rings is 1. The summed E-state index contributed by atoms with van der Waals surface area (Å²) in [4.78, 5) is 25.8. The van der Waals surface area contributed by atoms with Crippen LogP contribution in [0.4, 0.5) is 10.6 Å². The predicted molar refractivity (Wildman–Crippen MR) is 112 cm³/mol. The molecule has 2 aromatic heterocycles. The van der Waals surface area contributed by atoms with Crippen molar-refractivity contribution in [1.82, 2.24) is 19.7 Å². The van der Waals surface area contributed by atoms with Crippen LogP contribution in [0.15, 0.2) is 66.0 Å². The van der Waals surface area contributed by atoms with Gasteiger partial charge in [0.2, 0.25) is 0 Å². The molecule has 146 valence electrons. The standard InChI is InChI=1S/C22H22N6O/c1-2-12-26-21-19(15-28(25-21)18-6-4-3-5-7-18)20-24-17(14-27(20)22(26)29)13-16-8-10-23-11-9-16/h3-11,15,17H,2,12-14H2,1H3. The van der Waals surface area contributed by atoms with Gasteiger partial charge in [-0.25, -0.2) is 9.48 Å². The van der Waals surface area contributed by atoms with Crippen molar-refractivity contribution in [1.29, 1.82) is 0 Å². The number of carbonyl (C=O) groups excluding carboxylic acids is 1. The number of aromatic nitrogens is 3. The van der Waals surface area contributed by atoms with Crippen LogP contribution in [0.5, 0.6) is 0 Å². The second-order valence-electron chi connectivity index (χ2n) is 7.36. The van der Waals surface area contributed by atoms with Crippen LogP contribution in [0.25, 0.3) is 5.69 Å². The minimum atomic E-state index is -0.0337. The van der Waals surface area contributed by atoms with Crippen molar-refractivity contribution < 1.29 is 4.79 Å². The third-order valence-electron chi connectivity index (χ3n) is 5.30. The normalized spacial score (nSPS) is 17.9. The van der Waals surface area contributed by atoms with E-state index in [0.717, 1.165) is 29.9 Å². The summed E-state index contributed by atoms with van der Waals surface area (Å²) in [5.74, 6) is 1.43. The van der Waals surface area contributed by atoms with E-state index in [0.29, 0.717) is 18.9 Å². The lowest BCUT2D eigenvalue weighted by Gasteiger charge is -2.32. The molecule has 4 heterocycles. The molecule has 0 aliphatic carbocycles. The van der Waals surface area contributed by atoms with Crippen molar-refractivity contribution in [3.63, 3.8) is 0 Å². The van der Waals surface area contributed by atoms with E-state index in [1.807, 2.05) is 53.3 Å². The number of nitrogens with zero attached hydrogens (tertiary/aromatic N) is 6. The maximum Gasteiger partial charge on any atom is 0.331 e. The van der Waals surface area contributed by atoms with Crippen LogP contribution in [-0.2, 0) is 6.42 Å². The molecule has 0 N–H and O–H groups in total. The largest absolute Gasteiger partial charge is 0.331 e. The molecule has 7 heteroatoms. The summed E-state index contributed by atoms with van der Waals surface area (Å²) in [6.07, 6.45) is 7.22. The fourth-order valence-electron chi connectivity index (χ4n) is 3.96. The monoisotopic (exact) mass is 386 g/mol. The first kappa shape index (κ1) is 17.6. The molecule has 7 nitrogen and oxygen atoms in total. The lowest BCUT2D eigenvalue weighted by molar-refractivity contribution is 0.227. The van der Waals surface area contributed by atoms with Gasteiger partial charge in [0.25, 0.3) is 0 Å². The van der Waals surface area contributed by atoms with E-state index < -0.39 is 0 Å². The van der Waals surface area contributed by atoms with Crippen LogP contribution < -0.4 is 4.90 Å². The number of hydrogen-bond acceptors (Lipinski definition) is 4. The number of amides is 2. The minimum Gasteiger partial charge on any atom is -0.276 e. The Hall–Kier alpha value is -3.48. The maximum absolute atomic E-state index is 13.2. The van der Waals surface area contributed by atoms with E-state index >= 15 is 0 Å². The highest BCUT2D eigenvalue weighted by molar-refractivity contribution is 6.19. The first-order valence-corrected chi connectivity index (χ1v) is 9.96. The molecule has 29 heavy (non-hydrogen) atoms. The van der Waals surface area contributed by atoms with Gasteiger partial charge in [-0.3, -0.25) is 19.8 Å². The van der Waals surface area contributed by atoms with Crippen LogP contribution in [0.3, 0.4) is 0 Å². The summed E-state index contributed by atoms with van der Waals surface area (Å²) < 4.78 is 1.84. The number of urea groups is 1. The Bertz CT molecular complexity index is 1060. The zero-order chi connectivity index (χ0) is 19.8. The molecular formula is C22H22N6O. The van der Waals surface area contributed by atoms with Crippen molar-refractivity contribution in [2.75, 3.05) is 18.0 Å². The van der Waals surface area contributed by atoms with Crippen molar-refractivity contribution in [2.45, 2.75) is 25.8 Å². The van der Waals surface area contributed by atoms with Gasteiger partial charge in [0.05, 0.1) is 23.8 Å². The smallest absolute Gasteiger partial charge is 0.276 e. The van der Waals surface area contributed by atoms with Crippen LogP contribution in [0.1, 0.15) is 24.5 Å². The number of pyridine rings is 1. The summed E-state index contributed by atoms with van der Waals surface area (Å²) in [7, 11) is 0. The molecule has 0 saturated carbocycles. The molecule has 5 rings (SSSR count). The van der Waals surface area contributed by atoms with Crippen LogP contribution >= 0.6 is 0 Å². The topological polar surface area (TPSA) is 66.6 Å². The Morgan fingerprint density at radius 3 is 2.66 bits per heavy atom. The van der Waals surface area contributed by atoms with Gasteiger partial charge in [0, 0.05) is 25.1 Å². The Balaban J connectivity index is 1.54. The number of carbonyl (C=O) groups is 1. The maximum atomic E-state index is 13.2. The zero-order valence-electron chi connectivity index (χ0n) is 16.3. The summed E-state index contributed by atoms with van der Waals surface area (Å²) in [6.45, 7) is 3.30. The minimum absolute atomic E-state index is 0.0332. The van der Waals surface area contributed by atoms with E-state index in [4.69, 9.17) is 10.1 Å². The molecule has 0 radical (unpaired) electrons. The Morgan fingerprint density at radius 1 is 1.10 bits per heavy atom. The highest BCUT2D eigenvalue weighted by Gasteiger charge is 2.41. The zero-order valence-corrected chi connectivity index (χ0v) is 16.3. The van der Waals surface area contributed by atoms with E-state index in [1.54, 1.807) is 22.2 Å². The van der Waals surface area contributed by atoms with Crippen LogP contribution in [-0.4, -0.2) is 50.7 Å². The van der Waals surface area contributed by atoms with Crippen molar-refractivity contribution in [2.24, 2.45) is 4.99 Å². The van der Waals surface area contributed by atoms with Crippen molar-refractivity contribution in [3.8, 4) is 5.69 Å². The molecule has 0 bridgehead atoms. The number of para-hydroxylation sites is 1. The third-order valence-corrected chi connectivity index (χ3v) is 5.30. The molecule has 0 spiro atoms. The third kappa shape index (κ3) is 3.08. The molecule has 2 aliphatic heterocycles. The number of hydrogen-bond donors (Lipinski definition) is 0.